The van der Waals surface area contributed by atoms with E-state index in [0.717, 1.165) is 25.0 Å². The molecule has 1 atom stereocenters. The molecule has 1 heteroatoms. The van der Waals surface area contributed by atoms with E-state index in [1.165, 1.54) is 37.7 Å². The van der Waals surface area contributed by atoms with E-state index in [2.05, 4.69) is 6.08 Å². The molecule has 0 aliphatic heterocycles. The molecule has 1 nitrogen and oxygen atoms in total. The van der Waals surface area contributed by atoms with E-state index in [0.29, 0.717) is 0 Å². The molecule has 0 aromatic heterocycles. The van der Waals surface area contributed by atoms with Gasteiger partial charge in [0.05, 0.1) is 0 Å². The van der Waals surface area contributed by atoms with E-state index < -0.39 is 0 Å². The molecule has 0 aromatic rings. The molecular weight excluding hydrogens is 160 g/mol. The van der Waals surface area contributed by atoms with E-state index in [4.69, 9.17) is 0 Å². The molecule has 0 N–H and O–H groups in total. The predicted molar refractivity (Wildman–Crippen MR) is 53.4 cm³/mol. The maximum absolute atomic E-state index is 10.8. The molecule has 0 spiro atoms. The second-order valence-electron chi connectivity index (χ2n) is 4.36. The van der Waals surface area contributed by atoms with Crippen LogP contribution in [0.5, 0.6) is 0 Å². The smallest absolute Gasteiger partial charge is 0.127 e. The molecule has 13 heavy (non-hydrogen) atoms. The van der Waals surface area contributed by atoms with Crippen molar-refractivity contribution < 1.29 is 4.79 Å². The summed E-state index contributed by atoms with van der Waals surface area (Å²) in [5, 5.41) is 0. The first kappa shape index (κ1) is 8.98. The summed E-state index contributed by atoms with van der Waals surface area (Å²) in [6, 6.07) is 0. The molecule has 0 heterocycles. The zero-order valence-corrected chi connectivity index (χ0v) is 8.17. The maximum atomic E-state index is 10.8. The lowest BCUT2D eigenvalue weighted by atomic mass is 9.80. The van der Waals surface area contributed by atoms with Crippen LogP contribution in [-0.4, -0.2) is 6.29 Å². The lowest BCUT2D eigenvalue weighted by Gasteiger charge is -2.25. The van der Waals surface area contributed by atoms with Crippen molar-refractivity contribution in [3.63, 3.8) is 0 Å². The van der Waals surface area contributed by atoms with Crippen LogP contribution in [0.3, 0.4) is 0 Å². The highest BCUT2D eigenvalue weighted by Crippen LogP contribution is 2.37. The van der Waals surface area contributed by atoms with Gasteiger partial charge in [-0.25, -0.2) is 0 Å². The molecule has 0 radical (unpaired) electrons. The average molecular weight is 178 g/mol. The van der Waals surface area contributed by atoms with Gasteiger partial charge in [0.25, 0.3) is 0 Å². The summed E-state index contributed by atoms with van der Waals surface area (Å²) in [4.78, 5) is 10.8. The summed E-state index contributed by atoms with van der Waals surface area (Å²) in [6.07, 6.45) is 12.5. The van der Waals surface area contributed by atoms with Crippen molar-refractivity contribution in [1.82, 2.24) is 0 Å². The molecule has 2 aliphatic rings. The zero-order valence-electron chi connectivity index (χ0n) is 8.17. The highest BCUT2D eigenvalue weighted by atomic mass is 16.1. The van der Waals surface area contributed by atoms with E-state index >= 15 is 0 Å². The van der Waals surface area contributed by atoms with Gasteiger partial charge in [0.2, 0.25) is 0 Å². The van der Waals surface area contributed by atoms with Crippen molar-refractivity contribution in [2.75, 3.05) is 0 Å². The Labute approximate surface area is 80.2 Å². The fourth-order valence-electron chi connectivity index (χ4n) is 2.80. The summed E-state index contributed by atoms with van der Waals surface area (Å²) >= 11 is 0. The van der Waals surface area contributed by atoms with Crippen LogP contribution in [0.2, 0.25) is 0 Å². The molecule has 0 bridgehead atoms. The van der Waals surface area contributed by atoms with Gasteiger partial charge in [-0.15, -0.1) is 0 Å². The second kappa shape index (κ2) is 4.08. The number of aldehydes is 1. The maximum Gasteiger partial charge on any atom is 0.127 e. The minimum atomic E-state index is 0.281. The summed E-state index contributed by atoms with van der Waals surface area (Å²) in [5.41, 5.74) is 1.48. The largest absolute Gasteiger partial charge is 0.303 e. The van der Waals surface area contributed by atoms with Gasteiger partial charge in [-0.1, -0.05) is 30.9 Å². The van der Waals surface area contributed by atoms with Gasteiger partial charge in [0.15, 0.2) is 0 Å². The Kier molecular flexibility index (Phi) is 2.82. The lowest BCUT2D eigenvalue weighted by molar-refractivity contribution is -0.110. The van der Waals surface area contributed by atoms with Crippen LogP contribution >= 0.6 is 0 Å². The first-order valence-electron chi connectivity index (χ1n) is 5.57. The standard InChI is InChI=1S/C12H18O/c13-9-11-7-4-8-12(11)10-5-2-1-3-6-10/h8-11H,1-7H2. The first-order valence-corrected chi connectivity index (χ1v) is 5.57. The number of hydrogen-bond acceptors (Lipinski definition) is 1. The lowest BCUT2D eigenvalue weighted by Crippen LogP contribution is -2.14. The van der Waals surface area contributed by atoms with Gasteiger partial charge in [-0.05, 0) is 31.6 Å². The number of allylic oxidation sites excluding steroid dienone is 2. The summed E-state index contributed by atoms with van der Waals surface area (Å²) in [6.45, 7) is 0. The first-order chi connectivity index (χ1) is 6.42. The summed E-state index contributed by atoms with van der Waals surface area (Å²) in [5.74, 6) is 1.04. The Morgan fingerprint density at radius 1 is 1.15 bits per heavy atom. The average Bonchev–Trinajstić information content (AvgIpc) is 2.67. The molecule has 1 unspecified atom stereocenters. The Balaban J connectivity index is 2.01. The van der Waals surface area contributed by atoms with Gasteiger partial charge in [0, 0.05) is 5.92 Å². The molecule has 0 aromatic carbocycles. The van der Waals surface area contributed by atoms with Crippen molar-refractivity contribution in [2.24, 2.45) is 11.8 Å². The van der Waals surface area contributed by atoms with Crippen LogP contribution < -0.4 is 0 Å². The van der Waals surface area contributed by atoms with E-state index in [1.807, 2.05) is 0 Å². The van der Waals surface area contributed by atoms with Gasteiger partial charge in [-0.3, -0.25) is 0 Å². The zero-order chi connectivity index (χ0) is 9.10. The fourth-order valence-corrected chi connectivity index (χ4v) is 2.80. The normalized spacial score (nSPS) is 30.2. The van der Waals surface area contributed by atoms with Crippen LogP contribution in [0.25, 0.3) is 0 Å². The summed E-state index contributed by atoms with van der Waals surface area (Å²) < 4.78 is 0. The third kappa shape index (κ3) is 1.84. The van der Waals surface area contributed by atoms with Crippen LogP contribution in [0.4, 0.5) is 0 Å². The van der Waals surface area contributed by atoms with Gasteiger partial charge in [0.1, 0.15) is 6.29 Å². The van der Waals surface area contributed by atoms with Crippen molar-refractivity contribution in [1.29, 1.82) is 0 Å². The van der Waals surface area contributed by atoms with Gasteiger partial charge in [-0.2, -0.15) is 0 Å². The molecule has 0 amide bonds. The van der Waals surface area contributed by atoms with Crippen LogP contribution in [0.15, 0.2) is 11.6 Å². The topological polar surface area (TPSA) is 17.1 Å². The minimum Gasteiger partial charge on any atom is -0.303 e. The van der Waals surface area contributed by atoms with Crippen molar-refractivity contribution in [3.8, 4) is 0 Å². The number of carbonyl (C=O) groups is 1. The minimum absolute atomic E-state index is 0.281. The molecular formula is C12H18O. The number of hydrogen-bond donors (Lipinski definition) is 0. The highest BCUT2D eigenvalue weighted by Gasteiger charge is 2.26. The van der Waals surface area contributed by atoms with Gasteiger partial charge < -0.3 is 4.79 Å². The fraction of sp³-hybridized carbons (Fsp3) is 0.750. The summed E-state index contributed by atoms with van der Waals surface area (Å²) in [7, 11) is 0. The molecule has 2 aliphatic carbocycles. The third-order valence-electron chi connectivity index (χ3n) is 3.53. The molecule has 72 valence electrons. The van der Waals surface area contributed by atoms with Crippen molar-refractivity contribution in [2.45, 2.75) is 44.9 Å². The SMILES string of the molecule is O=CC1CCC=C1C1CCCCC1. The Hall–Kier alpha value is -0.590. The Morgan fingerprint density at radius 2 is 1.92 bits per heavy atom. The quantitative estimate of drug-likeness (QED) is 0.469. The number of rotatable bonds is 2. The molecule has 2 rings (SSSR count). The number of carbonyl (C=O) groups excluding carboxylic acids is 1. The van der Waals surface area contributed by atoms with E-state index in [1.54, 1.807) is 0 Å². The van der Waals surface area contributed by atoms with Crippen LogP contribution in [-0.2, 0) is 4.79 Å². The Bertz CT molecular complexity index is 211. The predicted octanol–water partition coefficient (Wildman–Crippen LogP) is 3.10. The molecule has 0 saturated heterocycles. The van der Waals surface area contributed by atoms with Crippen LogP contribution in [0.1, 0.15) is 44.9 Å². The van der Waals surface area contributed by atoms with Crippen LogP contribution in [0, 0.1) is 11.8 Å². The van der Waals surface area contributed by atoms with Crippen molar-refractivity contribution in [3.05, 3.63) is 11.6 Å². The Morgan fingerprint density at radius 3 is 2.62 bits per heavy atom. The highest BCUT2D eigenvalue weighted by molar-refractivity contribution is 5.60. The molecule has 1 saturated carbocycles. The van der Waals surface area contributed by atoms with E-state index in [-0.39, 0.29) is 5.92 Å². The molecule has 1 fully saturated rings. The second-order valence-corrected chi connectivity index (χ2v) is 4.36. The monoisotopic (exact) mass is 178 g/mol. The van der Waals surface area contributed by atoms with E-state index in [9.17, 15) is 4.79 Å². The van der Waals surface area contributed by atoms with Crippen molar-refractivity contribution >= 4 is 6.29 Å². The van der Waals surface area contributed by atoms with Gasteiger partial charge >= 0.3 is 0 Å². The third-order valence-corrected chi connectivity index (χ3v) is 3.53.